The van der Waals surface area contributed by atoms with Gasteiger partial charge >= 0.3 is 7.82 Å². The van der Waals surface area contributed by atoms with Crippen molar-refractivity contribution in [3.8, 4) is 23.0 Å². The van der Waals surface area contributed by atoms with Gasteiger partial charge in [0.05, 0.1) is 0 Å². The lowest BCUT2D eigenvalue weighted by Crippen LogP contribution is -2.03. The van der Waals surface area contributed by atoms with Gasteiger partial charge in [-0.1, -0.05) is 12.1 Å². The Morgan fingerprint density at radius 1 is 1.00 bits per heavy atom. The number of hydrogen-bond acceptors (Lipinski definition) is 6. The van der Waals surface area contributed by atoms with E-state index in [2.05, 4.69) is 4.52 Å². The van der Waals surface area contributed by atoms with Crippen LogP contribution in [0.25, 0.3) is 0 Å². The number of phosphoric acid groups is 1. The maximum atomic E-state index is 12.2. The number of benzene rings is 2. The van der Waals surface area contributed by atoms with Crippen molar-refractivity contribution in [1.29, 1.82) is 0 Å². The van der Waals surface area contributed by atoms with E-state index in [4.69, 9.17) is 9.79 Å². The minimum absolute atomic E-state index is 0.0232. The van der Waals surface area contributed by atoms with Crippen molar-refractivity contribution in [2.24, 2.45) is 0 Å². The molecular weight excluding hydrogens is 339 g/mol. The summed E-state index contributed by atoms with van der Waals surface area (Å²) in [5.41, 5.74) is 0.424. The second-order valence-electron chi connectivity index (χ2n) is 5.01. The molecule has 0 aromatic heterocycles. The summed E-state index contributed by atoms with van der Waals surface area (Å²) in [6.45, 7) is 0. The molecule has 2 aromatic rings. The molecule has 0 heterocycles. The molecule has 0 aliphatic rings. The van der Waals surface area contributed by atoms with Crippen molar-refractivity contribution in [2.75, 3.05) is 0 Å². The second kappa shape index (κ2) is 6.92. The molecule has 0 fully saturated rings. The van der Waals surface area contributed by atoms with Crippen LogP contribution < -0.4 is 4.52 Å². The van der Waals surface area contributed by atoms with Crippen molar-refractivity contribution < 1.29 is 39.0 Å². The predicted molar refractivity (Wildman–Crippen MR) is 83.2 cm³/mol. The fraction of sp³-hybridized carbons (Fsp3) is 0.133. The lowest BCUT2D eigenvalue weighted by atomic mass is 10.0. The zero-order valence-corrected chi connectivity index (χ0v) is 13.2. The van der Waals surface area contributed by atoms with Gasteiger partial charge in [0.25, 0.3) is 0 Å². The van der Waals surface area contributed by atoms with E-state index in [1.807, 2.05) is 0 Å². The van der Waals surface area contributed by atoms with E-state index in [0.29, 0.717) is 6.42 Å². The van der Waals surface area contributed by atoms with Crippen LogP contribution in [0, 0.1) is 0 Å². The van der Waals surface area contributed by atoms with E-state index in [0.717, 1.165) is 17.7 Å². The topological polar surface area (TPSA) is 145 Å². The van der Waals surface area contributed by atoms with Crippen LogP contribution >= 0.6 is 7.82 Å². The Bertz CT molecular complexity index is 771. The Morgan fingerprint density at radius 2 is 1.54 bits per heavy atom. The molecule has 0 aliphatic heterocycles. The lowest BCUT2D eigenvalue weighted by molar-refractivity contribution is 0.0977. The number of hydrogen-bond donors (Lipinski definition) is 5. The molecule has 0 amide bonds. The van der Waals surface area contributed by atoms with Gasteiger partial charge in [0, 0.05) is 18.6 Å². The molecule has 0 aliphatic carbocycles. The van der Waals surface area contributed by atoms with Gasteiger partial charge in [0.2, 0.25) is 0 Å². The van der Waals surface area contributed by atoms with E-state index < -0.39 is 30.9 Å². The molecular formula is C15H15O8P. The molecule has 2 aromatic carbocycles. The Balaban J connectivity index is 2.14. The van der Waals surface area contributed by atoms with Crippen LogP contribution in [0.2, 0.25) is 0 Å². The van der Waals surface area contributed by atoms with Crippen molar-refractivity contribution >= 4 is 13.6 Å². The van der Waals surface area contributed by atoms with E-state index in [-0.39, 0.29) is 17.7 Å². The summed E-state index contributed by atoms with van der Waals surface area (Å²) in [5.74, 6) is -2.21. The summed E-state index contributed by atoms with van der Waals surface area (Å²) in [4.78, 5) is 29.6. The van der Waals surface area contributed by atoms with Crippen LogP contribution in [0.4, 0.5) is 0 Å². The third-order valence-electron chi connectivity index (χ3n) is 3.15. The van der Waals surface area contributed by atoms with E-state index >= 15 is 0 Å². The van der Waals surface area contributed by atoms with Crippen molar-refractivity contribution in [1.82, 2.24) is 0 Å². The van der Waals surface area contributed by atoms with Crippen LogP contribution in [-0.2, 0) is 11.0 Å². The van der Waals surface area contributed by atoms with Gasteiger partial charge in [-0.2, -0.15) is 0 Å². The second-order valence-corrected chi connectivity index (χ2v) is 6.17. The number of aryl methyl sites for hydroxylation is 1. The molecule has 128 valence electrons. The Kier molecular flexibility index (Phi) is 5.14. The molecule has 0 saturated heterocycles. The van der Waals surface area contributed by atoms with E-state index in [9.17, 15) is 24.7 Å². The van der Waals surface area contributed by atoms with Gasteiger partial charge in [-0.3, -0.25) is 14.6 Å². The minimum atomic E-state index is -4.85. The monoisotopic (exact) mass is 354 g/mol. The number of phosphoric ester groups is 1. The molecule has 0 radical (unpaired) electrons. The van der Waals surface area contributed by atoms with Gasteiger partial charge in [-0.05, 0) is 24.1 Å². The summed E-state index contributed by atoms with van der Waals surface area (Å²) in [6.07, 6.45) is 0.295. The largest absolute Gasteiger partial charge is 0.524 e. The van der Waals surface area contributed by atoms with Crippen LogP contribution in [0.3, 0.4) is 0 Å². The van der Waals surface area contributed by atoms with Crippen molar-refractivity contribution in [3.63, 3.8) is 0 Å². The smallest absolute Gasteiger partial charge is 0.508 e. The predicted octanol–water partition coefficient (Wildman–Crippen LogP) is 2.09. The summed E-state index contributed by atoms with van der Waals surface area (Å²) in [5, 5.41) is 28.8. The third-order valence-corrected chi connectivity index (χ3v) is 3.60. The quantitative estimate of drug-likeness (QED) is 0.392. The van der Waals surface area contributed by atoms with Gasteiger partial charge in [-0.15, -0.1) is 0 Å². The van der Waals surface area contributed by atoms with Crippen molar-refractivity contribution in [2.45, 2.75) is 12.8 Å². The average Bonchev–Trinajstić information content (AvgIpc) is 2.44. The number of aromatic hydroxyl groups is 3. The fourth-order valence-electron chi connectivity index (χ4n) is 2.11. The number of rotatable bonds is 6. The minimum Gasteiger partial charge on any atom is -0.508 e. The number of ketones is 1. The van der Waals surface area contributed by atoms with E-state index in [1.165, 1.54) is 12.1 Å². The summed E-state index contributed by atoms with van der Waals surface area (Å²) in [6, 6.07) is 7.91. The van der Waals surface area contributed by atoms with Gasteiger partial charge < -0.3 is 19.8 Å². The first-order chi connectivity index (χ1) is 11.2. The first-order valence-electron chi connectivity index (χ1n) is 6.78. The van der Waals surface area contributed by atoms with Crippen LogP contribution in [-0.4, -0.2) is 30.9 Å². The molecule has 9 heteroatoms. The summed E-state index contributed by atoms with van der Waals surface area (Å²) in [7, 11) is -4.85. The lowest BCUT2D eigenvalue weighted by Gasteiger charge is -2.11. The molecule has 2 rings (SSSR count). The first kappa shape index (κ1) is 17.8. The maximum absolute atomic E-state index is 12.2. The van der Waals surface area contributed by atoms with Crippen LogP contribution in [0.1, 0.15) is 22.3 Å². The molecule has 0 unspecified atom stereocenters. The zero-order valence-electron chi connectivity index (χ0n) is 12.3. The first-order valence-corrected chi connectivity index (χ1v) is 8.31. The standard InChI is InChI=1S/C15H15O8P/c16-10-4-1-9(2-5-10)3-6-12(17)15-13(18)7-11(8-14(15)19)23-24(20,21)22/h1-2,4-5,7-8,16,18-19H,3,6H2,(H2,20,21,22). The summed E-state index contributed by atoms with van der Waals surface area (Å²) >= 11 is 0. The molecule has 24 heavy (non-hydrogen) atoms. The van der Waals surface area contributed by atoms with E-state index in [1.54, 1.807) is 12.1 Å². The highest BCUT2D eigenvalue weighted by Crippen LogP contribution is 2.42. The maximum Gasteiger partial charge on any atom is 0.524 e. The number of carbonyl (C=O) groups is 1. The van der Waals surface area contributed by atoms with Crippen LogP contribution in [0.15, 0.2) is 36.4 Å². The number of Topliss-reactive ketones (excluding diaryl/α,β-unsaturated/α-hetero) is 1. The number of carbonyl (C=O) groups excluding carboxylic acids is 1. The van der Waals surface area contributed by atoms with Gasteiger partial charge in [0.1, 0.15) is 28.6 Å². The SMILES string of the molecule is O=C(CCc1ccc(O)cc1)c1c(O)cc(OP(=O)(O)O)cc1O. The Morgan fingerprint density at radius 3 is 2.04 bits per heavy atom. The molecule has 0 saturated carbocycles. The molecule has 0 atom stereocenters. The highest BCUT2D eigenvalue weighted by atomic mass is 31.2. The van der Waals surface area contributed by atoms with Gasteiger partial charge in [-0.25, -0.2) is 4.57 Å². The zero-order chi connectivity index (χ0) is 17.9. The molecule has 0 bridgehead atoms. The number of phenols is 3. The van der Waals surface area contributed by atoms with Crippen LogP contribution in [0.5, 0.6) is 23.0 Å². The van der Waals surface area contributed by atoms with Crippen molar-refractivity contribution in [3.05, 3.63) is 47.5 Å². The van der Waals surface area contributed by atoms with Gasteiger partial charge in [0.15, 0.2) is 5.78 Å². The summed E-state index contributed by atoms with van der Waals surface area (Å²) < 4.78 is 15.0. The third kappa shape index (κ3) is 4.73. The Labute approximate surface area is 136 Å². The molecule has 8 nitrogen and oxygen atoms in total. The highest BCUT2D eigenvalue weighted by molar-refractivity contribution is 7.46. The molecule has 5 N–H and O–H groups in total. The highest BCUT2D eigenvalue weighted by Gasteiger charge is 2.22. The number of phenolic OH excluding ortho intramolecular Hbond substituents is 3. The Hall–Kier alpha value is -2.54. The fourth-order valence-corrected chi connectivity index (χ4v) is 2.49. The average molecular weight is 354 g/mol. The molecule has 0 spiro atoms. The normalized spacial score (nSPS) is 11.2.